The Morgan fingerprint density at radius 3 is 2.11 bits per heavy atom. The predicted molar refractivity (Wildman–Crippen MR) is 81.9 cm³/mol. The SMILES string of the molecule is CC(C)CCCCCC1CCN(CC(C)C)CC1. The van der Waals surface area contributed by atoms with Gasteiger partial charge in [0.05, 0.1) is 0 Å². The Kier molecular flexibility index (Phi) is 7.97. The maximum atomic E-state index is 2.67. The molecule has 1 aliphatic heterocycles. The van der Waals surface area contributed by atoms with Crippen molar-refractivity contribution in [3.8, 4) is 0 Å². The molecule has 1 saturated heterocycles. The van der Waals surface area contributed by atoms with Crippen molar-refractivity contribution in [1.82, 2.24) is 4.90 Å². The van der Waals surface area contributed by atoms with E-state index in [0.717, 1.165) is 17.8 Å². The summed E-state index contributed by atoms with van der Waals surface area (Å²) in [7, 11) is 0. The van der Waals surface area contributed by atoms with E-state index in [0.29, 0.717) is 0 Å². The lowest BCUT2D eigenvalue weighted by atomic mass is 9.90. The molecule has 0 amide bonds. The van der Waals surface area contributed by atoms with Crippen molar-refractivity contribution in [2.45, 2.75) is 72.6 Å². The normalized spacial score (nSPS) is 19.0. The van der Waals surface area contributed by atoms with Gasteiger partial charge in [-0.15, -0.1) is 0 Å². The lowest BCUT2D eigenvalue weighted by molar-refractivity contribution is 0.162. The van der Waals surface area contributed by atoms with Gasteiger partial charge < -0.3 is 4.90 Å². The van der Waals surface area contributed by atoms with Crippen LogP contribution in [0.3, 0.4) is 0 Å². The number of hydrogen-bond donors (Lipinski definition) is 0. The summed E-state index contributed by atoms with van der Waals surface area (Å²) in [5.41, 5.74) is 0. The zero-order valence-electron chi connectivity index (χ0n) is 13.3. The molecule has 0 atom stereocenters. The summed E-state index contributed by atoms with van der Waals surface area (Å²) in [5.74, 6) is 2.76. The van der Waals surface area contributed by atoms with E-state index in [-0.39, 0.29) is 0 Å². The molecule has 0 unspecified atom stereocenters. The van der Waals surface area contributed by atoms with Gasteiger partial charge in [0.2, 0.25) is 0 Å². The minimum atomic E-state index is 0.831. The first-order valence-corrected chi connectivity index (χ1v) is 8.30. The van der Waals surface area contributed by atoms with E-state index in [9.17, 15) is 0 Å². The van der Waals surface area contributed by atoms with Crippen LogP contribution in [0.15, 0.2) is 0 Å². The fourth-order valence-electron chi connectivity index (χ4n) is 3.14. The summed E-state index contributed by atoms with van der Waals surface area (Å²) in [6, 6.07) is 0. The lowest BCUT2D eigenvalue weighted by Crippen LogP contribution is -2.36. The van der Waals surface area contributed by atoms with Crippen LogP contribution in [0.25, 0.3) is 0 Å². The van der Waals surface area contributed by atoms with Gasteiger partial charge in [0.15, 0.2) is 0 Å². The van der Waals surface area contributed by atoms with E-state index >= 15 is 0 Å². The van der Waals surface area contributed by atoms with Crippen LogP contribution in [0.5, 0.6) is 0 Å². The summed E-state index contributed by atoms with van der Waals surface area (Å²) in [6.07, 6.45) is 10.2. The Morgan fingerprint density at radius 1 is 0.889 bits per heavy atom. The summed E-state index contributed by atoms with van der Waals surface area (Å²) in [4.78, 5) is 2.67. The molecule has 1 fully saturated rings. The third kappa shape index (κ3) is 7.41. The molecule has 108 valence electrons. The second kappa shape index (κ2) is 8.96. The van der Waals surface area contributed by atoms with Crippen molar-refractivity contribution < 1.29 is 0 Å². The van der Waals surface area contributed by atoms with E-state index in [4.69, 9.17) is 0 Å². The first-order valence-electron chi connectivity index (χ1n) is 8.30. The van der Waals surface area contributed by atoms with Crippen LogP contribution in [0.2, 0.25) is 0 Å². The van der Waals surface area contributed by atoms with Gasteiger partial charge in [-0.2, -0.15) is 0 Å². The van der Waals surface area contributed by atoms with E-state index in [1.807, 2.05) is 0 Å². The van der Waals surface area contributed by atoms with Crippen molar-refractivity contribution in [2.75, 3.05) is 19.6 Å². The Morgan fingerprint density at radius 2 is 1.56 bits per heavy atom. The molecule has 0 aromatic rings. The van der Waals surface area contributed by atoms with Crippen LogP contribution in [0, 0.1) is 17.8 Å². The molecule has 0 aliphatic carbocycles. The monoisotopic (exact) mass is 253 g/mol. The molecular formula is C17H35N. The number of likely N-dealkylation sites (tertiary alicyclic amines) is 1. The molecule has 0 N–H and O–H groups in total. The zero-order chi connectivity index (χ0) is 13.4. The maximum Gasteiger partial charge on any atom is 0.000439 e. The van der Waals surface area contributed by atoms with Crippen LogP contribution in [-0.4, -0.2) is 24.5 Å². The zero-order valence-corrected chi connectivity index (χ0v) is 13.3. The van der Waals surface area contributed by atoms with Crippen LogP contribution in [-0.2, 0) is 0 Å². The highest BCUT2D eigenvalue weighted by molar-refractivity contribution is 4.73. The highest BCUT2D eigenvalue weighted by Crippen LogP contribution is 2.23. The Labute approximate surface area is 115 Å². The molecule has 0 bridgehead atoms. The largest absolute Gasteiger partial charge is 0.303 e. The average molecular weight is 253 g/mol. The van der Waals surface area contributed by atoms with Gasteiger partial charge in [0.25, 0.3) is 0 Å². The van der Waals surface area contributed by atoms with Crippen LogP contribution in [0.4, 0.5) is 0 Å². The lowest BCUT2D eigenvalue weighted by Gasteiger charge is -2.33. The standard InChI is InChI=1S/C17H35N/c1-15(2)8-6-5-7-9-17-10-12-18(13-11-17)14-16(3)4/h15-17H,5-14H2,1-4H3. The summed E-state index contributed by atoms with van der Waals surface area (Å²) < 4.78 is 0. The van der Waals surface area contributed by atoms with Gasteiger partial charge in [-0.1, -0.05) is 59.8 Å². The van der Waals surface area contributed by atoms with Crippen molar-refractivity contribution >= 4 is 0 Å². The smallest absolute Gasteiger partial charge is 0.000439 e. The van der Waals surface area contributed by atoms with Gasteiger partial charge in [-0.05, 0) is 43.7 Å². The Balaban J connectivity index is 1.98. The van der Waals surface area contributed by atoms with Gasteiger partial charge in [0, 0.05) is 6.54 Å². The van der Waals surface area contributed by atoms with Crippen molar-refractivity contribution in [2.24, 2.45) is 17.8 Å². The fourth-order valence-corrected chi connectivity index (χ4v) is 3.14. The third-order valence-electron chi connectivity index (χ3n) is 4.22. The molecule has 0 radical (unpaired) electrons. The molecule has 18 heavy (non-hydrogen) atoms. The Bertz CT molecular complexity index is 190. The molecule has 1 rings (SSSR count). The van der Waals surface area contributed by atoms with Crippen LogP contribution >= 0.6 is 0 Å². The number of unbranched alkanes of at least 4 members (excludes halogenated alkanes) is 2. The van der Waals surface area contributed by atoms with Gasteiger partial charge in [-0.25, -0.2) is 0 Å². The first-order chi connectivity index (χ1) is 8.58. The van der Waals surface area contributed by atoms with E-state index in [1.165, 1.54) is 64.6 Å². The van der Waals surface area contributed by atoms with E-state index in [1.54, 1.807) is 0 Å². The number of rotatable bonds is 8. The molecule has 1 nitrogen and oxygen atoms in total. The molecule has 1 heteroatoms. The molecule has 0 aromatic carbocycles. The average Bonchev–Trinajstić information content (AvgIpc) is 2.30. The summed E-state index contributed by atoms with van der Waals surface area (Å²) in [6.45, 7) is 13.4. The second-order valence-electron chi connectivity index (χ2n) is 7.17. The first kappa shape index (κ1) is 16.0. The topological polar surface area (TPSA) is 3.24 Å². The predicted octanol–water partition coefficient (Wildman–Crippen LogP) is 4.96. The highest BCUT2D eigenvalue weighted by Gasteiger charge is 2.18. The minimum absolute atomic E-state index is 0.831. The van der Waals surface area contributed by atoms with Crippen LogP contribution in [0.1, 0.15) is 72.6 Å². The molecule has 0 saturated carbocycles. The Hall–Kier alpha value is -0.0400. The van der Waals surface area contributed by atoms with E-state index in [2.05, 4.69) is 32.6 Å². The van der Waals surface area contributed by atoms with Crippen LogP contribution < -0.4 is 0 Å². The molecule has 0 spiro atoms. The molecular weight excluding hydrogens is 218 g/mol. The summed E-state index contributed by atoms with van der Waals surface area (Å²) in [5, 5.41) is 0. The molecule has 0 aromatic heterocycles. The van der Waals surface area contributed by atoms with E-state index < -0.39 is 0 Å². The quantitative estimate of drug-likeness (QED) is 0.553. The van der Waals surface area contributed by atoms with Crippen molar-refractivity contribution in [1.29, 1.82) is 0 Å². The number of piperidine rings is 1. The summed E-state index contributed by atoms with van der Waals surface area (Å²) >= 11 is 0. The second-order valence-corrected chi connectivity index (χ2v) is 7.17. The highest BCUT2D eigenvalue weighted by atomic mass is 15.1. The molecule has 1 heterocycles. The van der Waals surface area contributed by atoms with Crippen molar-refractivity contribution in [3.05, 3.63) is 0 Å². The van der Waals surface area contributed by atoms with Crippen molar-refractivity contribution in [3.63, 3.8) is 0 Å². The fraction of sp³-hybridized carbons (Fsp3) is 1.00. The third-order valence-corrected chi connectivity index (χ3v) is 4.22. The van der Waals surface area contributed by atoms with Gasteiger partial charge in [0.1, 0.15) is 0 Å². The van der Waals surface area contributed by atoms with Gasteiger partial charge >= 0.3 is 0 Å². The number of nitrogens with zero attached hydrogens (tertiary/aromatic N) is 1. The minimum Gasteiger partial charge on any atom is -0.303 e. The maximum absolute atomic E-state index is 2.67. The number of hydrogen-bond acceptors (Lipinski definition) is 1. The molecule has 1 aliphatic rings. The van der Waals surface area contributed by atoms with Gasteiger partial charge in [-0.3, -0.25) is 0 Å².